The van der Waals surface area contributed by atoms with Crippen molar-refractivity contribution >= 4 is 39.9 Å². The van der Waals surface area contributed by atoms with Crippen molar-refractivity contribution in [2.24, 2.45) is 4.40 Å². The average Bonchev–Trinajstić information content (AvgIpc) is 2.57. The van der Waals surface area contributed by atoms with Crippen LogP contribution < -0.4 is 0 Å². The van der Waals surface area contributed by atoms with Crippen LogP contribution in [0.3, 0.4) is 0 Å². The van der Waals surface area contributed by atoms with Crippen molar-refractivity contribution in [2.75, 3.05) is 0 Å². The summed E-state index contributed by atoms with van der Waals surface area (Å²) in [5.41, 5.74) is 4.37. The molecular formula is C20H21Cl2NOS. The lowest BCUT2D eigenvalue weighted by Gasteiger charge is -2.27. The molecule has 3 rings (SSSR count). The number of hydrogen-bond acceptors (Lipinski definition) is 1. The first-order valence-corrected chi connectivity index (χ1v) is 10.2. The fourth-order valence-corrected chi connectivity index (χ4v) is 4.01. The maximum atomic E-state index is 12.5. The summed E-state index contributed by atoms with van der Waals surface area (Å²) in [5.74, 6) is 0.244. The summed E-state index contributed by atoms with van der Waals surface area (Å²) in [4.78, 5) is 0. The maximum absolute atomic E-state index is 12.5. The Morgan fingerprint density at radius 1 is 1.08 bits per heavy atom. The van der Waals surface area contributed by atoms with Gasteiger partial charge in [0.25, 0.3) is 0 Å². The van der Waals surface area contributed by atoms with Crippen LogP contribution in [0.5, 0.6) is 0 Å². The Morgan fingerprint density at radius 3 is 2.48 bits per heavy atom. The Bertz CT molecular complexity index is 855. The highest BCUT2D eigenvalue weighted by atomic mass is 35.5. The Hall–Kier alpha value is -1.16. The zero-order valence-electron chi connectivity index (χ0n) is 14.6. The Kier molecular flexibility index (Phi) is 5.38. The third-order valence-corrected chi connectivity index (χ3v) is 6.55. The topological polar surface area (TPSA) is 29.4 Å². The van der Waals surface area contributed by atoms with Crippen molar-refractivity contribution in [3.63, 3.8) is 0 Å². The van der Waals surface area contributed by atoms with Crippen LogP contribution in [0, 0.1) is 0 Å². The molecule has 0 N–H and O–H groups in total. The Balaban J connectivity index is 2.03. The lowest BCUT2D eigenvalue weighted by Crippen LogP contribution is -2.23. The monoisotopic (exact) mass is 393 g/mol. The number of fused-ring (bicyclic) bond motifs is 1. The SMILES string of the molecule is CC(C)(C)S(=O)N=C1CCC(c2ccc(Cl)c(Cl)c2)c2ccccc21. The molecule has 1 aliphatic carbocycles. The molecule has 2 nitrogen and oxygen atoms in total. The molecule has 0 radical (unpaired) electrons. The van der Waals surface area contributed by atoms with Gasteiger partial charge in [-0.15, -0.1) is 0 Å². The zero-order chi connectivity index (χ0) is 18.2. The normalized spacial score (nSPS) is 20.4. The van der Waals surface area contributed by atoms with E-state index in [1.807, 2.05) is 51.1 Å². The molecule has 0 fully saturated rings. The maximum Gasteiger partial charge on any atom is 0.145 e. The molecule has 2 aromatic rings. The van der Waals surface area contributed by atoms with Crippen LogP contribution in [0.4, 0.5) is 0 Å². The fraction of sp³-hybridized carbons (Fsp3) is 0.350. The van der Waals surface area contributed by atoms with E-state index >= 15 is 0 Å². The van der Waals surface area contributed by atoms with Gasteiger partial charge in [-0.3, -0.25) is 0 Å². The van der Waals surface area contributed by atoms with Gasteiger partial charge in [-0.1, -0.05) is 53.5 Å². The third-order valence-electron chi connectivity index (χ3n) is 4.38. The van der Waals surface area contributed by atoms with Gasteiger partial charge < -0.3 is 0 Å². The van der Waals surface area contributed by atoms with Gasteiger partial charge >= 0.3 is 0 Å². The summed E-state index contributed by atoms with van der Waals surface area (Å²) in [5, 5.41) is 1.14. The molecule has 0 bridgehead atoms. The number of nitrogens with zero attached hydrogens (tertiary/aromatic N) is 1. The Labute approximate surface area is 161 Å². The van der Waals surface area contributed by atoms with Crippen LogP contribution in [0.25, 0.3) is 0 Å². The van der Waals surface area contributed by atoms with E-state index in [0.29, 0.717) is 10.0 Å². The minimum Gasteiger partial charge on any atom is -0.234 e. The van der Waals surface area contributed by atoms with E-state index in [2.05, 4.69) is 16.5 Å². The number of halogens is 2. The lowest BCUT2D eigenvalue weighted by molar-refractivity contribution is 0.650. The molecule has 0 spiro atoms. The van der Waals surface area contributed by atoms with E-state index in [0.717, 1.165) is 29.7 Å². The Morgan fingerprint density at radius 2 is 1.80 bits per heavy atom. The molecule has 0 aromatic heterocycles. The van der Waals surface area contributed by atoms with E-state index in [1.54, 1.807) is 0 Å². The highest BCUT2D eigenvalue weighted by Crippen LogP contribution is 2.39. The summed E-state index contributed by atoms with van der Waals surface area (Å²) in [6.07, 6.45) is 1.71. The van der Waals surface area contributed by atoms with Gasteiger partial charge in [0.2, 0.25) is 0 Å². The van der Waals surface area contributed by atoms with Crippen LogP contribution in [0.15, 0.2) is 46.9 Å². The second-order valence-electron chi connectivity index (χ2n) is 7.25. The number of hydrogen-bond donors (Lipinski definition) is 0. The van der Waals surface area contributed by atoms with Gasteiger partial charge in [-0.05, 0) is 56.9 Å². The molecular weight excluding hydrogens is 373 g/mol. The van der Waals surface area contributed by atoms with Crippen LogP contribution in [-0.2, 0) is 11.0 Å². The van der Waals surface area contributed by atoms with Gasteiger partial charge in [-0.25, -0.2) is 4.21 Å². The summed E-state index contributed by atoms with van der Waals surface area (Å²) in [6, 6.07) is 14.1. The van der Waals surface area contributed by atoms with Gasteiger partial charge in [0.1, 0.15) is 11.0 Å². The zero-order valence-corrected chi connectivity index (χ0v) is 16.9. The molecule has 1 aliphatic rings. The second kappa shape index (κ2) is 7.22. The number of benzene rings is 2. The molecule has 5 heteroatoms. The molecule has 132 valence electrons. The predicted molar refractivity (Wildman–Crippen MR) is 108 cm³/mol. The van der Waals surface area contributed by atoms with Gasteiger partial charge in [0, 0.05) is 11.5 Å². The molecule has 0 aliphatic heterocycles. The van der Waals surface area contributed by atoms with E-state index in [9.17, 15) is 4.21 Å². The van der Waals surface area contributed by atoms with Crippen molar-refractivity contribution < 1.29 is 4.21 Å². The van der Waals surface area contributed by atoms with E-state index in [4.69, 9.17) is 23.2 Å². The van der Waals surface area contributed by atoms with Crippen LogP contribution in [0.2, 0.25) is 10.0 Å². The summed E-state index contributed by atoms with van der Waals surface area (Å²) >= 11 is 12.3. The quantitative estimate of drug-likeness (QED) is 0.599. The molecule has 0 saturated heterocycles. The lowest BCUT2D eigenvalue weighted by atomic mass is 9.78. The van der Waals surface area contributed by atoms with Gasteiger partial charge in [0.15, 0.2) is 0 Å². The van der Waals surface area contributed by atoms with Crippen molar-refractivity contribution in [2.45, 2.75) is 44.3 Å². The standard InChI is InChI=1S/C20H21Cl2NOS/c1-20(2,3)25(24)23-19-11-9-14(15-6-4-5-7-16(15)19)13-8-10-17(21)18(22)12-13/h4-8,10,12,14H,9,11H2,1-3H3. The van der Waals surface area contributed by atoms with Crippen molar-refractivity contribution in [3.05, 3.63) is 69.2 Å². The predicted octanol–water partition coefficient (Wildman–Crippen LogP) is 6.17. The fourth-order valence-electron chi connectivity index (χ4n) is 3.04. The summed E-state index contributed by atoms with van der Waals surface area (Å²) < 4.78 is 16.7. The van der Waals surface area contributed by atoms with Crippen molar-refractivity contribution in [1.82, 2.24) is 0 Å². The first-order valence-electron chi connectivity index (χ1n) is 8.31. The summed E-state index contributed by atoms with van der Waals surface area (Å²) in [6.45, 7) is 5.83. The van der Waals surface area contributed by atoms with Crippen LogP contribution in [-0.4, -0.2) is 14.7 Å². The largest absolute Gasteiger partial charge is 0.234 e. The van der Waals surface area contributed by atoms with Crippen molar-refractivity contribution in [1.29, 1.82) is 0 Å². The van der Waals surface area contributed by atoms with Crippen LogP contribution >= 0.6 is 23.2 Å². The molecule has 2 aromatic carbocycles. The smallest absolute Gasteiger partial charge is 0.145 e. The molecule has 2 unspecified atom stereocenters. The molecule has 25 heavy (non-hydrogen) atoms. The molecule has 0 heterocycles. The third kappa shape index (κ3) is 3.99. The molecule has 0 amide bonds. The first-order chi connectivity index (χ1) is 11.8. The average molecular weight is 394 g/mol. The first kappa shape index (κ1) is 18.6. The minimum absolute atomic E-state index is 0.244. The minimum atomic E-state index is -1.26. The van der Waals surface area contributed by atoms with E-state index in [-0.39, 0.29) is 10.7 Å². The molecule has 2 atom stereocenters. The van der Waals surface area contributed by atoms with Gasteiger partial charge in [0.05, 0.1) is 20.5 Å². The summed E-state index contributed by atoms with van der Waals surface area (Å²) in [7, 11) is -1.26. The highest BCUT2D eigenvalue weighted by Gasteiger charge is 2.27. The van der Waals surface area contributed by atoms with Gasteiger partial charge in [-0.2, -0.15) is 4.40 Å². The van der Waals surface area contributed by atoms with E-state index < -0.39 is 11.0 Å². The second-order valence-corrected chi connectivity index (χ2v) is 9.97. The highest BCUT2D eigenvalue weighted by molar-refractivity contribution is 7.85. The van der Waals surface area contributed by atoms with Crippen LogP contribution in [0.1, 0.15) is 56.2 Å². The number of rotatable bonds is 2. The molecule has 0 saturated carbocycles. The van der Waals surface area contributed by atoms with E-state index in [1.165, 1.54) is 5.56 Å². The van der Waals surface area contributed by atoms with Crippen molar-refractivity contribution in [3.8, 4) is 0 Å².